The molecule has 1 saturated heterocycles. The van der Waals surface area contributed by atoms with Gasteiger partial charge in [-0.25, -0.2) is 4.79 Å². The zero-order chi connectivity index (χ0) is 24.3. The van der Waals surface area contributed by atoms with Crippen molar-refractivity contribution in [3.63, 3.8) is 0 Å². The maximum Gasteiger partial charge on any atom is 0.326 e. The number of aliphatic carboxylic acids is 1. The summed E-state index contributed by atoms with van der Waals surface area (Å²) in [4.78, 5) is 51.8. The molecule has 1 fully saturated rings. The Kier molecular flexibility index (Phi) is 13.1. The molecular formula is C21H38N4O5S2. The van der Waals surface area contributed by atoms with Crippen molar-refractivity contribution in [2.24, 2.45) is 11.7 Å². The lowest BCUT2D eigenvalue weighted by Crippen LogP contribution is -2.57. The summed E-state index contributed by atoms with van der Waals surface area (Å²) in [6.07, 6.45) is 6.49. The number of carboxylic acid groups (broad SMARTS) is 1. The first-order valence-electron chi connectivity index (χ1n) is 11.0. The molecule has 0 aromatic carbocycles. The van der Waals surface area contributed by atoms with E-state index in [2.05, 4.69) is 10.6 Å². The van der Waals surface area contributed by atoms with E-state index in [-0.39, 0.29) is 17.7 Å². The fraction of sp³-hybridized carbons (Fsp3) is 0.810. The number of hydrogen-bond acceptors (Lipinski definition) is 7. The summed E-state index contributed by atoms with van der Waals surface area (Å²) in [6.45, 7) is 4.02. The highest BCUT2D eigenvalue weighted by Crippen LogP contribution is 2.21. The molecule has 0 bridgehead atoms. The Bertz CT molecular complexity index is 652. The minimum atomic E-state index is -1.09. The first-order chi connectivity index (χ1) is 15.2. The van der Waals surface area contributed by atoms with E-state index in [0.717, 1.165) is 5.75 Å². The Labute approximate surface area is 199 Å². The Morgan fingerprint density at radius 1 is 1.12 bits per heavy atom. The SMILES string of the molecule is CCC(C)C(NC(=O)C1CCCN1C(=O)C(CCSC)NC(=O)C(N)CCSC)C(=O)O. The molecule has 0 spiro atoms. The summed E-state index contributed by atoms with van der Waals surface area (Å²) < 4.78 is 0. The van der Waals surface area contributed by atoms with Gasteiger partial charge in [0, 0.05) is 6.54 Å². The van der Waals surface area contributed by atoms with Crippen LogP contribution in [-0.4, -0.2) is 88.4 Å². The molecule has 1 aliphatic heterocycles. The average molecular weight is 491 g/mol. The minimum absolute atomic E-state index is 0.238. The number of rotatable bonds is 14. The molecule has 1 rings (SSSR count). The molecule has 184 valence electrons. The number of hydrogen-bond donors (Lipinski definition) is 4. The van der Waals surface area contributed by atoms with Gasteiger partial charge in [-0.3, -0.25) is 14.4 Å². The van der Waals surface area contributed by atoms with Crippen LogP contribution in [0.3, 0.4) is 0 Å². The predicted molar refractivity (Wildman–Crippen MR) is 130 cm³/mol. The van der Waals surface area contributed by atoms with E-state index in [1.165, 1.54) is 4.90 Å². The monoisotopic (exact) mass is 490 g/mol. The van der Waals surface area contributed by atoms with Crippen LogP contribution < -0.4 is 16.4 Å². The van der Waals surface area contributed by atoms with Crippen LogP contribution in [0.25, 0.3) is 0 Å². The lowest BCUT2D eigenvalue weighted by molar-refractivity contribution is -0.146. The Morgan fingerprint density at radius 2 is 1.75 bits per heavy atom. The van der Waals surface area contributed by atoms with E-state index in [0.29, 0.717) is 44.4 Å². The number of thioether (sulfide) groups is 2. The third-order valence-electron chi connectivity index (χ3n) is 5.81. The van der Waals surface area contributed by atoms with Crippen molar-refractivity contribution in [2.75, 3.05) is 30.6 Å². The third-order valence-corrected chi connectivity index (χ3v) is 7.10. The van der Waals surface area contributed by atoms with Crippen molar-refractivity contribution in [3.05, 3.63) is 0 Å². The maximum absolute atomic E-state index is 13.3. The molecule has 5 N–H and O–H groups in total. The highest BCUT2D eigenvalue weighted by Gasteiger charge is 2.39. The quantitative estimate of drug-likeness (QED) is 0.281. The van der Waals surface area contributed by atoms with E-state index in [1.54, 1.807) is 30.4 Å². The van der Waals surface area contributed by atoms with Crippen LogP contribution in [0.1, 0.15) is 46.0 Å². The second-order valence-electron chi connectivity index (χ2n) is 8.13. The number of carbonyl (C=O) groups excluding carboxylic acids is 3. The molecule has 1 heterocycles. The first kappa shape index (κ1) is 28.6. The van der Waals surface area contributed by atoms with E-state index >= 15 is 0 Å². The normalized spacial score (nSPS) is 19.7. The van der Waals surface area contributed by atoms with Gasteiger partial charge in [0.15, 0.2) is 0 Å². The van der Waals surface area contributed by atoms with Gasteiger partial charge >= 0.3 is 5.97 Å². The van der Waals surface area contributed by atoms with Crippen LogP contribution >= 0.6 is 23.5 Å². The summed E-state index contributed by atoms with van der Waals surface area (Å²) in [6, 6.07) is -3.22. The fourth-order valence-corrected chi connectivity index (χ4v) is 4.54. The molecule has 3 amide bonds. The van der Waals surface area contributed by atoms with Crippen molar-refractivity contribution in [1.82, 2.24) is 15.5 Å². The number of carbonyl (C=O) groups is 4. The standard InChI is InChI=1S/C21H38N4O5S2/c1-5-13(2)17(21(29)30)24-19(27)16-7-6-10-25(16)20(28)15(9-12-32-4)23-18(26)14(22)8-11-31-3/h13-17H,5-12,22H2,1-4H3,(H,23,26)(H,24,27)(H,29,30). The molecule has 0 saturated carbocycles. The Hall–Kier alpha value is -1.46. The maximum atomic E-state index is 13.3. The van der Waals surface area contributed by atoms with Gasteiger partial charge in [-0.1, -0.05) is 20.3 Å². The molecule has 9 nitrogen and oxygen atoms in total. The van der Waals surface area contributed by atoms with Gasteiger partial charge in [0.2, 0.25) is 17.7 Å². The number of nitrogens with zero attached hydrogens (tertiary/aromatic N) is 1. The van der Waals surface area contributed by atoms with Crippen molar-refractivity contribution in [2.45, 2.75) is 70.1 Å². The summed E-state index contributed by atoms with van der Waals surface area (Å²) >= 11 is 3.16. The number of nitrogens with two attached hydrogens (primary N) is 1. The fourth-order valence-electron chi connectivity index (χ4n) is 3.58. The molecule has 5 unspecified atom stereocenters. The first-order valence-corrected chi connectivity index (χ1v) is 13.8. The molecule has 11 heteroatoms. The van der Waals surface area contributed by atoms with Crippen molar-refractivity contribution < 1.29 is 24.3 Å². The molecule has 0 aromatic heterocycles. The second-order valence-corrected chi connectivity index (χ2v) is 10.1. The van der Waals surface area contributed by atoms with Gasteiger partial charge in [0.25, 0.3) is 0 Å². The molecular weight excluding hydrogens is 452 g/mol. The van der Waals surface area contributed by atoms with Gasteiger partial charge in [0.1, 0.15) is 18.1 Å². The largest absolute Gasteiger partial charge is 0.480 e. The van der Waals surface area contributed by atoms with Crippen LogP contribution in [0, 0.1) is 5.92 Å². The predicted octanol–water partition coefficient (Wildman–Crippen LogP) is 0.911. The molecule has 0 aliphatic carbocycles. The Morgan fingerprint density at radius 3 is 2.31 bits per heavy atom. The van der Waals surface area contributed by atoms with Crippen LogP contribution in [0.2, 0.25) is 0 Å². The molecule has 1 aliphatic rings. The number of likely N-dealkylation sites (tertiary alicyclic amines) is 1. The zero-order valence-electron chi connectivity index (χ0n) is 19.5. The second kappa shape index (κ2) is 14.6. The van der Waals surface area contributed by atoms with Gasteiger partial charge < -0.3 is 26.4 Å². The summed E-state index contributed by atoms with van der Waals surface area (Å²) in [5, 5.41) is 14.9. The van der Waals surface area contributed by atoms with Gasteiger partial charge in [0.05, 0.1) is 6.04 Å². The lowest BCUT2D eigenvalue weighted by atomic mass is 9.98. The van der Waals surface area contributed by atoms with Crippen molar-refractivity contribution in [3.8, 4) is 0 Å². The highest BCUT2D eigenvalue weighted by atomic mass is 32.2. The lowest BCUT2D eigenvalue weighted by Gasteiger charge is -2.30. The van der Waals surface area contributed by atoms with E-state index < -0.39 is 36.0 Å². The Balaban J connectivity index is 2.92. The highest BCUT2D eigenvalue weighted by molar-refractivity contribution is 7.98. The number of carboxylic acids is 1. The summed E-state index contributed by atoms with van der Waals surface area (Å²) in [5.41, 5.74) is 5.96. The van der Waals surface area contributed by atoms with E-state index in [9.17, 15) is 24.3 Å². The smallest absolute Gasteiger partial charge is 0.326 e. The minimum Gasteiger partial charge on any atom is -0.480 e. The molecule has 0 radical (unpaired) electrons. The summed E-state index contributed by atoms with van der Waals surface area (Å²) in [7, 11) is 0. The molecule has 5 atom stereocenters. The van der Waals surface area contributed by atoms with Crippen LogP contribution in [0.15, 0.2) is 0 Å². The van der Waals surface area contributed by atoms with Gasteiger partial charge in [-0.15, -0.1) is 0 Å². The van der Waals surface area contributed by atoms with Gasteiger partial charge in [-0.05, 0) is 55.6 Å². The van der Waals surface area contributed by atoms with Crippen molar-refractivity contribution in [1.29, 1.82) is 0 Å². The number of nitrogens with one attached hydrogen (secondary N) is 2. The van der Waals surface area contributed by atoms with Gasteiger partial charge in [-0.2, -0.15) is 23.5 Å². The molecule has 0 aromatic rings. The zero-order valence-corrected chi connectivity index (χ0v) is 21.1. The van der Waals surface area contributed by atoms with Crippen LogP contribution in [0.4, 0.5) is 0 Å². The number of amides is 3. The summed E-state index contributed by atoms with van der Waals surface area (Å²) in [5.74, 6) is -1.08. The third kappa shape index (κ3) is 8.47. The van der Waals surface area contributed by atoms with Crippen LogP contribution in [-0.2, 0) is 19.2 Å². The average Bonchev–Trinajstić information content (AvgIpc) is 3.27. The van der Waals surface area contributed by atoms with Crippen molar-refractivity contribution >= 4 is 47.2 Å². The molecule has 32 heavy (non-hydrogen) atoms. The van der Waals surface area contributed by atoms with Crippen LogP contribution in [0.5, 0.6) is 0 Å². The van der Waals surface area contributed by atoms with E-state index in [1.807, 2.05) is 19.4 Å². The topological polar surface area (TPSA) is 142 Å². The van der Waals surface area contributed by atoms with E-state index in [4.69, 9.17) is 5.73 Å².